The fraction of sp³-hybridized carbons (Fsp3) is 0.429. The van der Waals surface area contributed by atoms with Crippen molar-refractivity contribution in [3.63, 3.8) is 0 Å². The van der Waals surface area contributed by atoms with Gasteiger partial charge in [0, 0.05) is 12.8 Å². The highest BCUT2D eigenvalue weighted by Gasteiger charge is 2.09. The van der Waals surface area contributed by atoms with Crippen LogP contribution in [0.4, 0.5) is 17.6 Å². The topological polar surface area (TPSA) is 29.5 Å². The van der Waals surface area contributed by atoms with Crippen LogP contribution in [0.2, 0.25) is 10.0 Å². The van der Waals surface area contributed by atoms with Gasteiger partial charge in [-0.3, -0.25) is 0 Å². The molecular formula is C21H24Cl2F4O2S2. The van der Waals surface area contributed by atoms with Crippen LogP contribution in [0.3, 0.4) is 0 Å². The minimum Gasteiger partial charge on any atom is -0.507 e. The van der Waals surface area contributed by atoms with Crippen LogP contribution < -0.4 is 4.74 Å². The molecule has 0 aromatic heterocycles. The van der Waals surface area contributed by atoms with E-state index in [1.807, 2.05) is 0 Å². The van der Waals surface area contributed by atoms with Crippen molar-refractivity contribution in [3.8, 4) is 11.5 Å². The van der Waals surface area contributed by atoms with Gasteiger partial charge in [-0.05, 0) is 48.6 Å². The Labute approximate surface area is 198 Å². The molecular weight excluding hydrogens is 495 g/mol. The Hall–Kier alpha value is -0.960. The lowest BCUT2D eigenvalue weighted by molar-refractivity contribution is 0.136. The summed E-state index contributed by atoms with van der Waals surface area (Å²) in [6.45, 7) is 0. The van der Waals surface area contributed by atoms with E-state index < -0.39 is 12.9 Å². The van der Waals surface area contributed by atoms with E-state index >= 15 is 0 Å². The third kappa shape index (κ3) is 11.5. The number of methoxy groups -OCH3 is 1. The number of thioether (sulfide) groups is 2. The minimum absolute atomic E-state index is 0.0697. The Morgan fingerprint density at radius 2 is 1.32 bits per heavy atom. The summed E-state index contributed by atoms with van der Waals surface area (Å²) in [4.78, 5) is 1.38. The predicted molar refractivity (Wildman–Crippen MR) is 123 cm³/mol. The number of hydrogen-bond acceptors (Lipinski definition) is 4. The first kappa shape index (κ1) is 28.1. The summed E-state index contributed by atoms with van der Waals surface area (Å²) in [6.07, 6.45) is -3.79. The molecule has 0 saturated heterocycles. The summed E-state index contributed by atoms with van der Waals surface area (Å²) in [5.74, 6) is 1.94. The maximum absolute atomic E-state index is 11.9. The summed E-state index contributed by atoms with van der Waals surface area (Å²) < 4.78 is 52.7. The van der Waals surface area contributed by atoms with Crippen LogP contribution in [0.5, 0.6) is 11.5 Å². The zero-order chi connectivity index (χ0) is 23.2. The molecule has 0 spiro atoms. The average Bonchev–Trinajstić information content (AvgIpc) is 2.71. The molecule has 174 valence electrons. The fourth-order valence-corrected chi connectivity index (χ4v) is 4.87. The van der Waals surface area contributed by atoms with Crippen LogP contribution >= 0.6 is 46.7 Å². The Bertz CT molecular complexity index is 763. The summed E-state index contributed by atoms with van der Waals surface area (Å²) >= 11 is 14.6. The maximum atomic E-state index is 11.9. The predicted octanol–water partition coefficient (Wildman–Crippen LogP) is 8.67. The number of halogens is 6. The summed E-state index contributed by atoms with van der Waals surface area (Å²) in [6, 6.07) is 10.2. The Morgan fingerprint density at radius 1 is 0.839 bits per heavy atom. The molecule has 0 heterocycles. The van der Waals surface area contributed by atoms with Gasteiger partial charge in [0.15, 0.2) is 0 Å². The van der Waals surface area contributed by atoms with Gasteiger partial charge >= 0.3 is 0 Å². The Balaban J connectivity index is 0.000000311. The van der Waals surface area contributed by atoms with E-state index in [9.17, 15) is 22.7 Å². The first-order valence-electron chi connectivity index (χ1n) is 9.38. The number of benzene rings is 2. The maximum Gasteiger partial charge on any atom is 0.238 e. The van der Waals surface area contributed by atoms with Crippen molar-refractivity contribution in [1.29, 1.82) is 0 Å². The van der Waals surface area contributed by atoms with E-state index in [-0.39, 0.29) is 18.6 Å². The summed E-state index contributed by atoms with van der Waals surface area (Å²) in [5.41, 5.74) is 0. The minimum atomic E-state index is -2.26. The second-order valence-electron chi connectivity index (χ2n) is 6.12. The molecule has 0 aliphatic rings. The number of hydrogen-bond donors (Lipinski definition) is 1. The van der Waals surface area contributed by atoms with Gasteiger partial charge in [-0.25, -0.2) is 17.6 Å². The van der Waals surface area contributed by atoms with E-state index in [4.69, 9.17) is 27.9 Å². The number of phenolic OH excluding ortho intramolecular Hbond substituents is 1. The van der Waals surface area contributed by atoms with Crippen LogP contribution in [-0.4, -0.2) is 36.6 Å². The first-order chi connectivity index (χ1) is 14.8. The SMILES string of the molecule is COc1cccc(Cl)c1SCCCC(F)F.Oc1cccc(Cl)c1SCCCC(F)F. The van der Waals surface area contributed by atoms with Gasteiger partial charge in [-0.1, -0.05) is 35.3 Å². The highest BCUT2D eigenvalue weighted by Crippen LogP contribution is 2.36. The zero-order valence-electron chi connectivity index (χ0n) is 16.8. The van der Waals surface area contributed by atoms with Crippen molar-refractivity contribution in [2.24, 2.45) is 0 Å². The zero-order valence-corrected chi connectivity index (χ0v) is 19.9. The van der Waals surface area contributed by atoms with Crippen LogP contribution in [0.1, 0.15) is 25.7 Å². The molecule has 0 radical (unpaired) electrons. The van der Waals surface area contributed by atoms with Gasteiger partial charge in [-0.2, -0.15) is 0 Å². The molecule has 31 heavy (non-hydrogen) atoms. The molecule has 2 aromatic carbocycles. The molecule has 2 aromatic rings. The van der Waals surface area contributed by atoms with Gasteiger partial charge < -0.3 is 9.84 Å². The molecule has 0 amide bonds. The van der Waals surface area contributed by atoms with Crippen molar-refractivity contribution in [2.75, 3.05) is 18.6 Å². The standard InChI is InChI=1S/C11H13ClF2OS.C10H11ClF2OS/c1-15-9-5-2-4-8(12)11(9)16-7-3-6-10(13)14;11-7-3-1-4-8(14)10(7)15-6-2-5-9(12)13/h2,4-5,10H,3,6-7H2,1H3;1,3-4,9,14H,2,5-6H2. The highest BCUT2D eigenvalue weighted by atomic mass is 35.5. The number of phenols is 1. The molecule has 0 atom stereocenters. The van der Waals surface area contributed by atoms with Crippen molar-refractivity contribution < 1.29 is 27.4 Å². The molecule has 0 fully saturated rings. The largest absolute Gasteiger partial charge is 0.507 e. The molecule has 0 bridgehead atoms. The van der Waals surface area contributed by atoms with E-state index in [1.165, 1.54) is 29.6 Å². The summed E-state index contributed by atoms with van der Waals surface area (Å²) in [5, 5.41) is 10.5. The molecule has 0 aliphatic carbocycles. The molecule has 2 nitrogen and oxygen atoms in total. The highest BCUT2D eigenvalue weighted by molar-refractivity contribution is 7.99. The van der Waals surface area contributed by atoms with Gasteiger partial charge in [0.25, 0.3) is 0 Å². The number of rotatable bonds is 11. The van der Waals surface area contributed by atoms with E-state index in [0.29, 0.717) is 45.0 Å². The molecule has 0 saturated carbocycles. The number of ether oxygens (including phenoxy) is 1. The monoisotopic (exact) mass is 518 g/mol. The Kier molecular flexibility index (Phi) is 14.3. The average molecular weight is 519 g/mol. The lowest BCUT2D eigenvalue weighted by Gasteiger charge is -2.09. The van der Waals surface area contributed by atoms with Gasteiger partial charge in [0.2, 0.25) is 12.9 Å². The van der Waals surface area contributed by atoms with Crippen LogP contribution in [0.15, 0.2) is 46.2 Å². The quantitative estimate of drug-likeness (QED) is 0.183. The third-order valence-electron chi connectivity index (χ3n) is 3.72. The van der Waals surface area contributed by atoms with Crippen LogP contribution in [0.25, 0.3) is 0 Å². The second kappa shape index (κ2) is 15.8. The molecule has 2 rings (SSSR count). The first-order valence-corrected chi connectivity index (χ1v) is 12.1. The molecule has 0 unspecified atom stereocenters. The van der Waals surface area contributed by atoms with Crippen molar-refractivity contribution >= 4 is 46.7 Å². The fourth-order valence-electron chi connectivity index (χ4n) is 2.25. The second-order valence-corrected chi connectivity index (χ2v) is 9.15. The molecule has 0 aliphatic heterocycles. The Morgan fingerprint density at radius 3 is 1.81 bits per heavy atom. The van der Waals surface area contributed by atoms with Crippen LogP contribution in [0, 0.1) is 0 Å². The lowest BCUT2D eigenvalue weighted by Crippen LogP contribution is -1.92. The van der Waals surface area contributed by atoms with Gasteiger partial charge in [0.1, 0.15) is 11.5 Å². The van der Waals surface area contributed by atoms with Crippen molar-refractivity contribution in [1.82, 2.24) is 0 Å². The van der Waals surface area contributed by atoms with E-state index in [2.05, 4.69) is 0 Å². The third-order valence-corrected chi connectivity index (χ3v) is 6.99. The van der Waals surface area contributed by atoms with Gasteiger partial charge in [-0.15, -0.1) is 23.5 Å². The number of aromatic hydroxyl groups is 1. The smallest absolute Gasteiger partial charge is 0.238 e. The van der Waals surface area contributed by atoms with Crippen LogP contribution in [-0.2, 0) is 0 Å². The normalized spacial score (nSPS) is 10.9. The number of alkyl halides is 4. The lowest BCUT2D eigenvalue weighted by atomic mass is 10.3. The van der Waals surface area contributed by atoms with Crippen molar-refractivity contribution in [3.05, 3.63) is 46.4 Å². The summed E-state index contributed by atoms with van der Waals surface area (Å²) in [7, 11) is 1.56. The molecule has 10 heteroatoms. The van der Waals surface area contributed by atoms with Gasteiger partial charge in [0.05, 0.1) is 26.9 Å². The van der Waals surface area contributed by atoms with Crippen molar-refractivity contribution in [2.45, 2.75) is 48.3 Å². The van der Waals surface area contributed by atoms with E-state index in [0.717, 1.165) is 4.90 Å². The molecule has 1 N–H and O–H groups in total. The van der Waals surface area contributed by atoms with E-state index in [1.54, 1.807) is 37.4 Å².